The van der Waals surface area contributed by atoms with Crippen molar-refractivity contribution in [3.8, 4) is 0 Å². The van der Waals surface area contributed by atoms with Crippen LogP contribution in [0.25, 0.3) is 0 Å². The normalized spacial score (nSPS) is 14.4. The lowest BCUT2D eigenvalue weighted by Gasteiger charge is -2.24. The maximum Gasteiger partial charge on any atom is 0.251 e. The molecule has 0 aromatic rings. The first kappa shape index (κ1) is 13.8. The van der Waals surface area contributed by atoms with E-state index >= 15 is 0 Å². The molecule has 0 spiro atoms. The molecule has 0 aliphatic rings. The van der Waals surface area contributed by atoms with E-state index < -0.39 is 24.0 Å². The first-order valence-electron chi connectivity index (χ1n) is 4.45. The number of rotatable bonds is 6. The van der Waals surface area contributed by atoms with Crippen molar-refractivity contribution in [1.29, 1.82) is 0 Å². The average Bonchev–Trinajstić information content (AvgIpc) is 2.15. The number of primary amides is 1. The zero-order valence-corrected chi connectivity index (χ0v) is 8.46. The van der Waals surface area contributed by atoms with Crippen molar-refractivity contribution in [3.63, 3.8) is 0 Å². The van der Waals surface area contributed by atoms with Crippen LogP contribution in [0.1, 0.15) is 6.92 Å². The van der Waals surface area contributed by atoms with Gasteiger partial charge in [-0.05, 0) is 6.92 Å². The molecule has 2 amide bonds. The molecule has 7 heteroatoms. The predicted octanol–water partition coefficient (Wildman–Crippen LogP) is -2.97. The van der Waals surface area contributed by atoms with Crippen molar-refractivity contribution < 1.29 is 24.9 Å². The highest BCUT2D eigenvalue weighted by Gasteiger charge is 2.22. The minimum Gasteiger partial charge on any atom is -0.395 e. The molecule has 88 valence electrons. The second-order valence-electron chi connectivity index (χ2n) is 3.10. The van der Waals surface area contributed by atoms with Crippen molar-refractivity contribution in [2.75, 3.05) is 19.7 Å². The summed E-state index contributed by atoms with van der Waals surface area (Å²) in [6, 6.07) is 0. The number of carbonyl (C=O) groups is 2. The molecule has 0 saturated carbocycles. The number of hydrogen-bond donors (Lipinski definition) is 4. The summed E-state index contributed by atoms with van der Waals surface area (Å²) in [5.41, 5.74) is 4.80. The molecule has 0 bridgehead atoms. The van der Waals surface area contributed by atoms with Gasteiger partial charge < -0.3 is 26.0 Å². The maximum absolute atomic E-state index is 11.3. The van der Waals surface area contributed by atoms with Crippen molar-refractivity contribution in [3.05, 3.63) is 0 Å². The summed E-state index contributed by atoms with van der Waals surface area (Å²) in [4.78, 5) is 22.8. The van der Waals surface area contributed by atoms with Crippen LogP contribution >= 0.6 is 0 Å². The van der Waals surface area contributed by atoms with E-state index in [4.69, 9.17) is 21.1 Å². The highest BCUT2D eigenvalue weighted by Crippen LogP contribution is 1.97. The van der Waals surface area contributed by atoms with Gasteiger partial charge in [-0.25, -0.2) is 0 Å². The van der Waals surface area contributed by atoms with Gasteiger partial charge in [0.15, 0.2) is 0 Å². The summed E-state index contributed by atoms with van der Waals surface area (Å²) in [5.74, 6) is -1.64. The van der Waals surface area contributed by atoms with E-state index in [0.29, 0.717) is 0 Å². The van der Waals surface area contributed by atoms with Crippen LogP contribution in [-0.4, -0.2) is 63.9 Å². The topological polar surface area (TPSA) is 124 Å². The molecule has 7 nitrogen and oxygen atoms in total. The third kappa shape index (κ3) is 4.73. The van der Waals surface area contributed by atoms with Crippen LogP contribution < -0.4 is 5.73 Å². The Labute approximate surface area is 87.1 Å². The van der Waals surface area contributed by atoms with Gasteiger partial charge >= 0.3 is 0 Å². The van der Waals surface area contributed by atoms with Crippen LogP contribution in [0.3, 0.4) is 0 Å². The van der Waals surface area contributed by atoms with E-state index in [0.717, 1.165) is 4.90 Å². The number of amides is 2. The van der Waals surface area contributed by atoms with Crippen LogP contribution in [0, 0.1) is 0 Å². The lowest BCUT2D eigenvalue weighted by atomic mass is 10.2. The molecule has 5 N–H and O–H groups in total. The summed E-state index contributed by atoms with van der Waals surface area (Å²) in [6.07, 6.45) is -2.75. The largest absolute Gasteiger partial charge is 0.395 e. The van der Waals surface area contributed by atoms with E-state index in [9.17, 15) is 9.59 Å². The standard InChI is InChI=1S/C8H16N2O5/c1-5(12)8(15)10(2-3-11)4-6(13)7(9)14/h5-6,11-13H,2-4H2,1H3,(H2,9,14). The van der Waals surface area contributed by atoms with Gasteiger partial charge in [0, 0.05) is 6.54 Å². The van der Waals surface area contributed by atoms with Crippen LogP contribution in [0.15, 0.2) is 0 Å². The molecule has 0 aliphatic heterocycles. The second-order valence-corrected chi connectivity index (χ2v) is 3.10. The molecular weight excluding hydrogens is 204 g/mol. The summed E-state index contributed by atoms with van der Waals surface area (Å²) in [5, 5.41) is 26.8. The van der Waals surface area contributed by atoms with Gasteiger partial charge in [-0.1, -0.05) is 0 Å². The molecule has 0 saturated heterocycles. The number of hydrogen-bond acceptors (Lipinski definition) is 5. The van der Waals surface area contributed by atoms with Crippen molar-refractivity contribution in [1.82, 2.24) is 4.90 Å². The van der Waals surface area contributed by atoms with Gasteiger partial charge in [0.25, 0.3) is 5.91 Å². The van der Waals surface area contributed by atoms with Crippen molar-refractivity contribution in [2.24, 2.45) is 5.73 Å². The Hall–Kier alpha value is -1.18. The second kappa shape index (κ2) is 6.33. The Kier molecular flexibility index (Phi) is 5.83. The molecule has 0 fully saturated rings. The molecule has 0 aromatic carbocycles. The zero-order chi connectivity index (χ0) is 12.0. The quantitative estimate of drug-likeness (QED) is 0.380. The van der Waals surface area contributed by atoms with Gasteiger partial charge in [0.2, 0.25) is 5.91 Å². The average molecular weight is 220 g/mol. The fourth-order valence-corrected chi connectivity index (χ4v) is 0.975. The van der Waals surface area contributed by atoms with Gasteiger partial charge in [-0.2, -0.15) is 0 Å². The Morgan fingerprint density at radius 1 is 1.40 bits per heavy atom. The molecule has 0 aromatic heterocycles. The lowest BCUT2D eigenvalue weighted by molar-refractivity contribution is -0.142. The molecule has 0 aliphatic carbocycles. The third-order valence-corrected chi connectivity index (χ3v) is 1.76. The van der Waals surface area contributed by atoms with E-state index in [1.54, 1.807) is 0 Å². The fraction of sp³-hybridized carbons (Fsp3) is 0.750. The summed E-state index contributed by atoms with van der Waals surface area (Å²) in [7, 11) is 0. The molecule has 0 radical (unpaired) electrons. The fourth-order valence-electron chi connectivity index (χ4n) is 0.975. The first-order chi connectivity index (χ1) is 6.90. The SMILES string of the molecule is CC(O)C(=O)N(CCO)CC(O)C(N)=O. The van der Waals surface area contributed by atoms with Gasteiger partial charge in [0.1, 0.15) is 12.2 Å². The number of nitrogens with two attached hydrogens (primary N) is 1. The highest BCUT2D eigenvalue weighted by atomic mass is 16.3. The van der Waals surface area contributed by atoms with E-state index in [1.165, 1.54) is 6.92 Å². The van der Waals surface area contributed by atoms with E-state index in [2.05, 4.69) is 0 Å². The monoisotopic (exact) mass is 220 g/mol. The summed E-state index contributed by atoms with van der Waals surface area (Å²) >= 11 is 0. The minimum atomic E-state index is -1.50. The zero-order valence-electron chi connectivity index (χ0n) is 8.46. The predicted molar refractivity (Wildman–Crippen MR) is 50.5 cm³/mol. The number of nitrogens with zero attached hydrogens (tertiary/aromatic N) is 1. The molecule has 0 rings (SSSR count). The number of aliphatic hydroxyl groups is 3. The number of carbonyl (C=O) groups excluding carboxylic acids is 2. The smallest absolute Gasteiger partial charge is 0.251 e. The Morgan fingerprint density at radius 2 is 1.93 bits per heavy atom. The molecule has 15 heavy (non-hydrogen) atoms. The van der Waals surface area contributed by atoms with Gasteiger partial charge in [0.05, 0.1) is 13.2 Å². The molecule has 0 heterocycles. The van der Waals surface area contributed by atoms with E-state index in [1.807, 2.05) is 0 Å². The third-order valence-electron chi connectivity index (χ3n) is 1.76. The van der Waals surface area contributed by atoms with Crippen LogP contribution in [-0.2, 0) is 9.59 Å². The van der Waals surface area contributed by atoms with Gasteiger partial charge in [-0.15, -0.1) is 0 Å². The Balaban J connectivity index is 4.39. The van der Waals surface area contributed by atoms with E-state index in [-0.39, 0.29) is 19.7 Å². The maximum atomic E-state index is 11.3. The van der Waals surface area contributed by atoms with Crippen molar-refractivity contribution >= 4 is 11.8 Å². The van der Waals surface area contributed by atoms with Crippen LogP contribution in [0.5, 0.6) is 0 Å². The highest BCUT2D eigenvalue weighted by molar-refractivity contribution is 5.82. The van der Waals surface area contributed by atoms with Crippen LogP contribution in [0.2, 0.25) is 0 Å². The Bertz CT molecular complexity index is 231. The molecular formula is C8H16N2O5. The lowest BCUT2D eigenvalue weighted by Crippen LogP contribution is -2.47. The Morgan fingerprint density at radius 3 is 2.27 bits per heavy atom. The van der Waals surface area contributed by atoms with Gasteiger partial charge in [-0.3, -0.25) is 9.59 Å². The summed E-state index contributed by atoms with van der Waals surface area (Å²) in [6.45, 7) is 0.515. The minimum absolute atomic E-state index is 0.0753. The van der Waals surface area contributed by atoms with Crippen molar-refractivity contribution in [2.45, 2.75) is 19.1 Å². The first-order valence-corrected chi connectivity index (χ1v) is 4.45. The summed E-state index contributed by atoms with van der Waals surface area (Å²) < 4.78 is 0. The molecule has 2 unspecified atom stereocenters. The molecule has 2 atom stereocenters. The number of aliphatic hydroxyl groups excluding tert-OH is 3. The van der Waals surface area contributed by atoms with Crippen LogP contribution in [0.4, 0.5) is 0 Å².